The van der Waals surface area contributed by atoms with E-state index in [0.717, 1.165) is 19.7 Å². The number of anilines is 1. The number of carboxylic acids is 1. The molecule has 0 aliphatic heterocycles. The molecule has 19 heavy (non-hydrogen) atoms. The van der Waals surface area contributed by atoms with Gasteiger partial charge in [-0.3, -0.25) is 0 Å². The molecule has 0 saturated heterocycles. The molecule has 0 amide bonds. The Morgan fingerprint density at radius 1 is 1.47 bits per heavy atom. The van der Waals surface area contributed by atoms with Gasteiger partial charge in [0.15, 0.2) is 0 Å². The first-order chi connectivity index (χ1) is 8.97. The van der Waals surface area contributed by atoms with E-state index in [1.807, 2.05) is 6.92 Å². The van der Waals surface area contributed by atoms with Gasteiger partial charge in [0.05, 0.1) is 0 Å². The maximum Gasteiger partial charge on any atom is 0.345 e. The van der Waals surface area contributed by atoms with Gasteiger partial charge in [-0.1, -0.05) is 0 Å². The predicted octanol–water partition coefficient (Wildman–Crippen LogP) is 4.11. The van der Waals surface area contributed by atoms with Crippen molar-refractivity contribution in [2.45, 2.75) is 13.5 Å². The quantitative estimate of drug-likeness (QED) is 0.772. The van der Waals surface area contributed by atoms with Gasteiger partial charge in [-0.25, -0.2) is 9.18 Å². The van der Waals surface area contributed by atoms with E-state index in [4.69, 9.17) is 5.11 Å². The molecule has 2 rings (SSSR count). The normalized spacial score (nSPS) is 10.5. The van der Waals surface area contributed by atoms with Gasteiger partial charge in [-0.05, 0) is 59.3 Å². The van der Waals surface area contributed by atoms with Crippen molar-refractivity contribution in [3.63, 3.8) is 0 Å². The van der Waals surface area contributed by atoms with Crippen molar-refractivity contribution >= 4 is 45.6 Å². The lowest BCUT2D eigenvalue weighted by Gasteiger charge is -2.08. The second-order valence-corrected chi connectivity index (χ2v) is 6.39. The first-order valence-corrected chi connectivity index (χ1v) is 7.38. The molecule has 0 radical (unpaired) electrons. The topological polar surface area (TPSA) is 49.3 Å². The van der Waals surface area contributed by atoms with Gasteiger partial charge >= 0.3 is 5.97 Å². The van der Waals surface area contributed by atoms with Gasteiger partial charge in [0.2, 0.25) is 0 Å². The summed E-state index contributed by atoms with van der Waals surface area (Å²) in [4.78, 5) is 12.2. The van der Waals surface area contributed by atoms with E-state index >= 15 is 0 Å². The number of thiophene rings is 1. The molecule has 1 aromatic heterocycles. The van der Waals surface area contributed by atoms with E-state index < -0.39 is 5.97 Å². The smallest absolute Gasteiger partial charge is 0.345 e. The third-order valence-electron chi connectivity index (χ3n) is 2.63. The highest BCUT2D eigenvalue weighted by Gasteiger charge is 2.11. The van der Waals surface area contributed by atoms with Crippen LogP contribution in [0.15, 0.2) is 24.3 Å². The number of carboxylic acid groups (broad SMARTS) is 1. The van der Waals surface area contributed by atoms with E-state index in [1.165, 1.54) is 23.5 Å². The number of rotatable bonds is 4. The van der Waals surface area contributed by atoms with Crippen molar-refractivity contribution in [1.82, 2.24) is 0 Å². The van der Waals surface area contributed by atoms with Crippen LogP contribution in [0, 0.1) is 16.3 Å². The van der Waals surface area contributed by atoms with E-state index in [-0.39, 0.29) is 5.82 Å². The van der Waals surface area contributed by atoms with Crippen molar-refractivity contribution in [2.75, 3.05) is 5.32 Å². The molecule has 0 aliphatic rings. The van der Waals surface area contributed by atoms with Crippen LogP contribution < -0.4 is 5.32 Å². The van der Waals surface area contributed by atoms with E-state index in [9.17, 15) is 9.18 Å². The molecule has 1 heterocycles. The molecule has 3 nitrogen and oxygen atoms in total. The second-order valence-electron chi connectivity index (χ2n) is 3.97. The Morgan fingerprint density at radius 3 is 2.79 bits per heavy atom. The molecule has 0 aliphatic carbocycles. The highest BCUT2D eigenvalue weighted by molar-refractivity contribution is 14.1. The van der Waals surface area contributed by atoms with Crippen LogP contribution in [0.2, 0.25) is 0 Å². The van der Waals surface area contributed by atoms with Crippen LogP contribution in [0.25, 0.3) is 0 Å². The minimum Gasteiger partial charge on any atom is -0.477 e. The molecular formula is C13H11FINO2S. The lowest BCUT2D eigenvalue weighted by molar-refractivity contribution is 0.0702. The van der Waals surface area contributed by atoms with Crippen molar-refractivity contribution in [2.24, 2.45) is 0 Å². The molecule has 0 spiro atoms. The number of aromatic carboxylic acids is 1. The second kappa shape index (κ2) is 5.87. The van der Waals surface area contributed by atoms with Crippen molar-refractivity contribution in [3.05, 3.63) is 49.0 Å². The largest absolute Gasteiger partial charge is 0.477 e. The van der Waals surface area contributed by atoms with Gasteiger partial charge in [-0.15, -0.1) is 11.3 Å². The molecule has 0 atom stereocenters. The number of nitrogens with one attached hydrogen (secondary N) is 1. The summed E-state index contributed by atoms with van der Waals surface area (Å²) in [5.74, 6) is -1.18. The van der Waals surface area contributed by atoms with E-state index in [2.05, 4.69) is 27.9 Å². The Labute approximate surface area is 127 Å². The van der Waals surface area contributed by atoms with Crippen LogP contribution in [-0.4, -0.2) is 11.1 Å². The fourth-order valence-electron chi connectivity index (χ4n) is 1.62. The van der Waals surface area contributed by atoms with Crippen LogP contribution in [0.3, 0.4) is 0 Å². The Morgan fingerprint density at radius 2 is 2.21 bits per heavy atom. The van der Waals surface area contributed by atoms with Crippen molar-refractivity contribution < 1.29 is 14.3 Å². The van der Waals surface area contributed by atoms with E-state index in [1.54, 1.807) is 12.1 Å². The summed E-state index contributed by atoms with van der Waals surface area (Å²) in [5, 5.41) is 12.1. The Hall–Kier alpha value is -1.15. The summed E-state index contributed by atoms with van der Waals surface area (Å²) in [7, 11) is 0. The molecule has 2 aromatic rings. The average molecular weight is 391 g/mol. The van der Waals surface area contributed by atoms with Crippen molar-refractivity contribution in [1.29, 1.82) is 0 Å². The molecule has 2 N–H and O–H groups in total. The zero-order chi connectivity index (χ0) is 14.0. The van der Waals surface area contributed by atoms with Crippen LogP contribution in [0.1, 0.15) is 20.1 Å². The minimum absolute atomic E-state index is 0.269. The molecule has 0 saturated carbocycles. The van der Waals surface area contributed by atoms with Crippen LogP contribution >= 0.6 is 33.9 Å². The summed E-state index contributed by atoms with van der Waals surface area (Å²) >= 11 is 3.32. The standard InChI is InChI=1S/C13H11FINO2S/c1-7-8(4-12(19-7)13(17)18)6-16-11-3-2-9(14)5-10(11)15/h2-5,16H,6H2,1H3,(H,17,18). The maximum absolute atomic E-state index is 13.0. The zero-order valence-corrected chi connectivity index (χ0v) is 13.0. The maximum atomic E-state index is 13.0. The third kappa shape index (κ3) is 3.44. The number of hydrogen-bond acceptors (Lipinski definition) is 3. The van der Waals surface area contributed by atoms with Gasteiger partial charge < -0.3 is 10.4 Å². The summed E-state index contributed by atoms with van der Waals surface area (Å²) in [6.07, 6.45) is 0. The van der Waals surface area contributed by atoms with Gasteiger partial charge in [0, 0.05) is 20.7 Å². The fraction of sp³-hybridized carbons (Fsp3) is 0.154. The molecule has 0 unspecified atom stereocenters. The summed E-state index contributed by atoms with van der Waals surface area (Å²) in [6, 6.07) is 6.20. The molecule has 100 valence electrons. The van der Waals surface area contributed by atoms with Crippen LogP contribution in [0.5, 0.6) is 0 Å². The molecular weight excluding hydrogens is 380 g/mol. The highest BCUT2D eigenvalue weighted by Crippen LogP contribution is 2.24. The Kier molecular flexibility index (Phi) is 4.41. The van der Waals surface area contributed by atoms with Crippen molar-refractivity contribution in [3.8, 4) is 0 Å². The Bertz CT molecular complexity index is 627. The van der Waals surface area contributed by atoms with Gasteiger partial charge in [-0.2, -0.15) is 0 Å². The number of benzene rings is 1. The molecule has 0 bridgehead atoms. The predicted molar refractivity (Wildman–Crippen MR) is 82.5 cm³/mol. The van der Waals surface area contributed by atoms with Crippen LogP contribution in [0.4, 0.5) is 10.1 Å². The summed E-state index contributed by atoms with van der Waals surface area (Å²) < 4.78 is 13.8. The number of hydrogen-bond donors (Lipinski definition) is 2. The molecule has 1 aromatic carbocycles. The monoisotopic (exact) mass is 391 g/mol. The van der Waals surface area contributed by atoms with E-state index in [0.29, 0.717) is 11.4 Å². The summed E-state index contributed by atoms with van der Waals surface area (Å²) in [6.45, 7) is 2.42. The molecule has 6 heteroatoms. The highest BCUT2D eigenvalue weighted by atomic mass is 127. The first kappa shape index (κ1) is 14.3. The number of carbonyl (C=O) groups is 1. The van der Waals surface area contributed by atoms with Crippen LogP contribution in [-0.2, 0) is 6.54 Å². The average Bonchev–Trinajstić information content (AvgIpc) is 2.70. The molecule has 0 fully saturated rings. The van der Waals surface area contributed by atoms with Gasteiger partial charge in [0.1, 0.15) is 10.7 Å². The SMILES string of the molecule is Cc1sc(C(=O)O)cc1CNc1ccc(F)cc1I. The Balaban J connectivity index is 2.12. The minimum atomic E-state index is -0.907. The lowest BCUT2D eigenvalue weighted by atomic mass is 10.2. The summed E-state index contributed by atoms with van der Waals surface area (Å²) in [5.41, 5.74) is 1.78. The lowest BCUT2D eigenvalue weighted by Crippen LogP contribution is -2.01. The zero-order valence-electron chi connectivity index (χ0n) is 10.0. The van der Waals surface area contributed by atoms with Gasteiger partial charge in [0.25, 0.3) is 0 Å². The first-order valence-electron chi connectivity index (χ1n) is 5.49. The number of aryl methyl sites for hydroxylation is 1. The number of halogens is 2. The third-order valence-corrected chi connectivity index (χ3v) is 4.61. The fourth-order valence-corrected chi connectivity index (χ4v) is 3.17.